The summed E-state index contributed by atoms with van der Waals surface area (Å²) in [5.74, 6) is -0.105. The summed E-state index contributed by atoms with van der Waals surface area (Å²) in [6, 6.07) is 5.70. The molecule has 1 fully saturated rings. The van der Waals surface area contributed by atoms with Crippen LogP contribution in [0.25, 0.3) is 0 Å². The smallest absolute Gasteiger partial charge is 0.270 e. The van der Waals surface area contributed by atoms with Crippen LogP contribution in [0.3, 0.4) is 0 Å². The summed E-state index contributed by atoms with van der Waals surface area (Å²) in [7, 11) is -3.89. The van der Waals surface area contributed by atoms with Crippen molar-refractivity contribution >= 4 is 21.6 Å². The molecule has 0 aliphatic carbocycles. The van der Waals surface area contributed by atoms with Crippen LogP contribution in [0.2, 0.25) is 0 Å². The van der Waals surface area contributed by atoms with E-state index in [-0.39, 0.29) is 42.7 Å². The number of hydrogen-bond donors (Lipinski definition) is 0. The molecule has 0 N–H and O–H groups in total. The van der Waals surface area contributed by atoms with Crippen molar-refractivity contribution in [2.45, 2.75) is 39.1 Å². The van der Waals surface area contributed by atoms with Gasteiger partial charge in [-0.15, -0.1) is 0 Å². The minimum atomic E-state index is -3.89. The van der Waals surface area contributed by atoms with Gasteiger partial charge in [-0.3, -0.25) is 14.9 Å². The molecule has 1 aliphatic rings. The molecule has 1 aromatic heterocycles. The summed E-state index contributed by atoms with van der Waals surface area (Å²) in [5, 5.41) is 11.0. The third-order valence-corrected chi connectivity index (χ3v) is 7.69. The van der Waals surface area contributed by atoms with Crippen LogP contribution in [-0.2, 0) is 16.6 Å². The minimum Gasteiger partial charge on any atom is -0.349 e. The Labute approximate surface area is 176 Å². The van der Waals surface area contributed by atoms with Crippen molar-refractivity contribution in [2.75, 3.05) is 26.2 Å². The molecule has 1 amide bonds. The fraction of sp³-hybridized carbons (Fsp3) is 0.450. The predicted octanol–water partition coefficient (Wildman–Crippen LogP) is 2.49. The standard InChI is InChI=1S/C20H26N4O5S/c1-5-23-15(3)12-18(16(23)4)20(25)21-8-10-22(11-9-21)30(28,29)19-13-17(24(26)27)7-6-14(19)2/h6-7,12-13H,5,8-11H2,1-4H3. The van der Waals surface area contributed by atoms with Gasteiger partial charge in [0.25, 0.3) is 11.6 Å². The van der Waals surface area contributed by atoms with Gasteiger partial charge in [-0.1, -0.05) is 6.07 Å². The quantitative estimate of drug-likeness (QED) is 0.531. The highest BCUT2D eigenvalue weighted by Crippen LogP contribution is 2.26. The highest BCUT2D eigenvalue weighted by Gasteiger charge is 2.33. The Bertz CT molecular complexity index is 1100. The van der Waals surface area contributed by atoms with Crippen LogP contribution in [0.4, 0.5) is 5.69 Å². The number of amides is 1. The second-order valence-electron chi connectivity index (χ2n) is 7.43. The van der Waals surface area contributed by atoms with E-state index < -0.39 is 14.9 Å². The van der Waals surface area contributed by atoms with Crippen LogP contribution < -0.4 is 0 Å². The van der Waals surface area contributed by atoms with E-state index in [4.69, 9.17) is 0 Å². The fourth-order valence-corrected chi connectivity index (χ4v) is 5.59. The first-order valence-electron chi connectivity index (χ1n) is 9.79. The van der Waals surface area contributed by atoms with E-state index in [9.17, 15) is 23.3 Å². The van der Waals surface area contributed by atoms with Crippen molar-refractivity contribution in [3.8, 4) is 0 Å². The maximum atomic E-state index is 13.1. The zero-order chi connectivity index (χ0) is 22.2. The average molecular weight is 435 g/mol. The SMILES string of the molecule is CCn1c(C)cc(C(=O)N2CCN(S(=O)(=O)c3cc([N+](=O)[O-])ccc3C)CC2)c1C. The molecule has 0 bridgehead atoms. The largest absolute Gasteiger partial charge is 0.349 e. The monoisotopic (exact) mass is 434 g/mol. The first-order valence-corrected chi connectivity index (χ1v) is 11.2. The maximum absolute atomic E-state index is 13.1. The van der Waals surface area contributed by atoms with Crippen LogP contribution in [0.15, 0.2) is 29.2 Å². The van der Waals surface area contributed by atoms with Crippen molar-refractivity contribution in [1.82, 2.24) is 13.8 Å². The first kappa shape index (κ1) is 22.0. The number of nitrogens with zero attached hydrogens (tertiary/aromatic N) is 4. The Morgan fingerprint density at radius 3 is 2.27 bits per heavy atom. The van der Waals surface area contributed by atoms with Gasteiger partial charge < -0.3 is 9.47 Å². The lowest BCUT2D eigenvalue weighted by molar-refractivity contribution is -0.385. The Morgan fingerprint density at radius 2 is 1.73 bits per heavy atom. The second-order valence-corrected chi connectivity index (χ2v) is 9.34. The van der Waals surface area contributed by atoms with Gasteiger partial charge in [0, 0.05) is 56.2 Å². The van der Waals surface area contributed by atoms with Gasteiger partial charge in [-0.25, -0.2) is 8.42 Å². The topological polar surface area (TPSA) is 106 Å². The van der Waals surface area contributed by atoms with E-state index in [2.05, 4.69) is 4.57 Å². The van der Waals surface area contributed by atoms with Crippen LogP contribution in [0.5, 0.6) is 0 Å². The normalized spacial score (nSPS) is 15.4. The third-order valence-electron chi connectivity index (χ3n) is 5.65. The van der Waals surface area contributed by atoms with E-state index in [0.29, 0.717) is 11.1 Å². The van der Waals surface area contributed by atoms with Crippen LogP contribution in [0.1, 0.15) is 34.2 Å². The molecule has 10 heteroatoms. The number of non-ortho nitro benzene ring substituents is 1. The predicted molar refractivity (Wildman–Crippen MR) is 112 cm³/mol. The summed E-state index contributed by atoms with van der Waals surface area (Å²) in [6.45, 7) is 9.09. The number of benzene rings is 1. The van der Waals surface area contributed by atoms with Crippen molar-refractivity contribution in [1.29, 1.82) is 0 Å². The molecule has 1 aromatic carbocycles. The van der Waals surface area contributed by atoms with Gasteiger partial charge in [0.2, 0.25) is 10.0 Å². The number of carbonyl (C=O) groups is 1. The molecule has 0 unspecified atom stereocenters. The van der Waals surface area contributed by atoms with E-state index in [1.54, 1.807) is 11.8 Å². The Kier molecular flexibility index (Phi) is 6.00. The lowest BCUT2D eigenvalue weighted by Crippen LogP contribution is -2.50. The highest BCUT2D eigenvalue weighted by molar-refractivity contribution is 7.89. The van der Waals surface area contributed by atoms with Gasteiger partial charge in [0.05, 0.1) is 15.4 Å². The number of aromatic nitrogens is 1. The van der Waals surface area contributed by atoms with Gasteiger partial charge in [-0.05, 0) is 39.3 Å². The number of sulfonamides is 1. The number of nitro groups is 1. The molecule has 1 saturated heterocycles. The molecule has 0 radical (unpaired) electrons. The van der Waals surface area contributed by atoms with Gasteiger partial charge >= 0.3 is 0 Å². The average Bonchev–Trinajstić information content (AvgIpc) is 3.00. The van der Waals surface area contributed by atoms with Crippen molar-refractivity contribution < 1.29 is 18.1 Å². The molecule has 2 aromatic rings. The van der Waals surface area contributed by atoms with Gasteiger partial charge in [0.15, 0.2) is 0 Å². The van der Waals surface area contributed by atoms with Gasteiger partial charge in [-0.2, -0.15) is 4.31 Å². The second kappa shape index (κ2) is 8.19. The summed E-state index contributed by atoms with van der Waals surface area (Å²) in [6.07, 6.45) is 0. The molecular weight excluding hydrogens is 408 g/mol. The molecular formula is C20H26N4O5S. The number of hydrogen-bond acceptors (Lipinski definition) is 5. The Hall–Kier alpha value is -2.72. The summed E-state index contributed by atoms with van der Waals surface area (Å²) >= 11 is 0. The van der Waals surface area contributed by atoms with E-state index in [0.717, 1.165) is 24.0 Å². The molecule has 0 atom stereocenters. The van der Waals surface area contributed by atoms with Gasteiger partial charge in [0.1, 0.15) is 0 Å². The summed E-state index contributed by atoms with van der Waals surface area (Å²) in [4.78, 5) is 25.0. The summed E-state index contributed by atoms with van der Waals surface area (Å²) < 4.78 is 29.5. The Morgan fingerprint density at radius 1 is 1.10 bits per heavy atom. The molecule has 3 rings (SSSR count). The number of rotatable bonds is 5. The molecule has 0 spiro atoms. The molecule has 2 heterocycles. The minimum absolute atomic E-state index is 0.0667. The zero-order valence-corrected chi connectivity index (χ0v) is 18.4. The van der Waals surface area contributed by atoms with Crippen molar-refractivity contribution in [2.24, 2.45) is 0 Å². The van der Waals surface area contributed by atoms with Crippen LogP contribution in [0, 0.1) is 30.9 Å². The Balaban J connectivity index is 1.78. The van der Waals surface area contributed by atoms with E-state index in [1.807, 2.05) is 26.8 Å². The van der Waals surface area contributed by atoms with E-state index in [1.165, 1.54) is 16.4 Å². The first-order chi connectivity index (χ1) is 14.1. The van der Waals surface area contributed by atoms with Crippen molar-refractivity contribution in [3.63, 3.8) is 0 Å². The van der Waals surface area contributed by atoms with Crippen LogP contribution >= 0.6 is 0 Å². The molecule has 30 heavy (non-hydrogen) atoms. The fourth-order valence-electron chi connectivity index (χ4n) is 3.93. The lowest BCUT2D eigenvalue weighted by atomic mass is 10.2. The number of carbonyl (C=O) groups excluding carboxylic acids is 1. The maximum Gasteiger partial charge on any atom is 0.270 e. The number of nitro benzene ring substituents is 1. The summed E-state index contributed by atoms with van der Waals surface area (Å²) in [5.41, 5.74) is 2.74. The molecule has 9 nitrogen and oxygen atoms in total. The van der Waals surface area contributed by atoms with E-state index >= 15 is 0 Å². The number of aryl methyl sites for hydroxylation is 2. The number of piperazine rings is 1. The zero-order valence-electron chi connectivity index (χ0n) is 17.6. The highest BCUT2D eigenvalue weighted by atomic mass is 32.2. The third kappa shape index (κ3) is 3.84. The molecule has 1 aliphatic heterocycles. The molecule has 0 saturated carbocycles. The lowest BCUT2D eigenvalue weighted by Gasteiger charge is -2.34. The molecule has 162 valence electrons. The van der Waals surface area contributed by atoms with Crippen LogP contribution in [-0.4, -0.2) is 59.2 Å². The van der Waals surface area contributed by atoms with Crippen molar-refractivity contribution in [3.05, 3.63) is 56.9 Å².